The number of phenolic OH excluding ortho intramolecular Hbond substituents is 1. The van der Waals surface area contributed by atoms with Crippen LogP contribution in [0.15, 0.2) is 15.0 Å². The Kier molecular flexibility index (Phi) is 3.62. The second-order valence-electron chi connectivity index (χ2n) is 3.08. The van der Waals surface area contributed by atoms with Crippen molar-refractivity contribution in [1.29, 1.82) is 0 Å². The van der Waals surface area contributed by atoms with Gasteiger partial charge in [-0.05, 0) is 44.8 Å². The van der Waals surface area contributed by atoms with Crippen LogP contribution in [0.5, 0.6) is 5.75 Å². The molecule has 0 amide bonds. The van der Waals surface area contributed by atoms with Crippen LogP contribution < -0.4 is 5.73 Å². The van der Waals surface area contributed by atoms with E-state index in [1.807, 2.05) is 0 Å². The lowest BCUT2D eigenvalue weighted by Gasteiger charge is -2.14. The van der Waals surface area contributed by atoms with Crippen LogP contribution in [0, 0.1) is 0 Å². The summed E-state index contributed by atoms with van der Waals surface area (Å²) in [6.45, 7) is 1.51. The number of halogens is 2. The number of carbonyl (C=O) groups is 1. The molecule has 0 heterocycles. The molecular formula is C9H9Br2NO3. The van der Waals surface area contributed by atoms with Crippen LogP contribution in [-0.2, 0) is 4.79 Å². The third-order valence-electron chi connectivity index (χ3n) is 2.07. The molecule has 0 aliphatic rings. The maximum atomic E-state index is 10.8. The van der Waals surface area contributed by atoms with E-state index in [4.69, 9.17) is 10.8 Å². The van der Waals surface area contributed by atoms with Crippen LogP contribution in [0.3, 0.4) is 0 Å². The monoisotopic (exact) mass is 337 g/mol. The van der Waals surface area contributed by atoms with E-state index in [2.05, 4.69) is 31.9 Å². The zero-order valence-electron chi connectivity index (χ0n) is 7.79. The third kappa shape index (κ3) is 2.26. The number of aliphatic carboxylic acids is 1. The first-order valence-electron chi connectivity index (χ1n) is 4.05. The van der Waals surface area contributed by atoms with Gasteiger partial charge in [0.05, 0.1) is 14.9 Å². The van der Waals surface area contributed by atoms with Crippen LogP contribution in [0.1, 0.15) is 18.4 Å². The molecule has 15 heavy (non-hydrogen) atoms. The normalized spacial score (nSPS) is 12.5. The number of anilines is 1. The Morgan fingerprint density at radius 1 is 1.53 bits per heavy atom. The summed E-state index contributed by atoms with van der Waals surface area (Å²) in [6, 6.07) is 1.48. The number of nitrogens with two attached hydrogens (primary N) is 1. The first kappa shape index (κ1) is 12.3. The van der Waals surface area contributed by atoms with Crippen molar-refractivity contribution in [2.75, 3.05) is 5.73 Å². The molecule has 0 aromatic heterocycles. The predicted octanol–water partition coefficient (Wildman–Crippen LogP) is 2.69. The van der Waals surface area contributed by atoms with Gasteiger partial charge in [-0.3, -0.25) is 4.79 Å². The minimum atomic E-state index is -0.996. The van der Waals surface area contributed by atoms with Gasteiger partial charge in [0, 0.05) is 11.3 Å². The van der Waals surface area contributed by atoms with Gasteiger partial charge in [-0.1, -0.05) is 0 Å². The van der Waals surface area contributed by atoms with Crippen LogP contribution in [0.25, 0.3) is 0 Å². The lowest BCUT2D eigenvalue weighted by molar-refractivity contribution is -0.138. The maximum absolute atomic E-state index is 10.8. The Labute approximate surface area is 103 Å². The molecule has 82 valence electrons. The highest BCUT2D eigenvalue weighted by atomic mass is 79.9. The molecule has 0 fully saturated rings. The van der Waals surface area contributed by atoms with E-state index in [0.29, 0.717) is 20.2 Å². The van der Waals surface area contributed by atoms with E-state index in [-0.39, 0.29) is 5.75 Å². The van der Waals surface area contributed by atoms with Crippen molar-refractivity contribution in [3.8, 4) is 5.75 Å². The lowest BCUT2D eigenvalue weighted by atomic mass is 9.99. The van der Waals surface area contributed by atoms with Gasteiger partial charge < -0.3 is 15.9 Å². The van der Waals surface area contributed by atoms with Gasteiger partial charge in [-0.25, -0.2) is 0 Å². The molecule has 0 aliphatic heterocycles. The van der Waals surface area contributed by atoms with Crippen molar-refractivity contribution in [2.24, 2.45) is 0 Å². The quantitative estimate of drug-likeness (QED) is 0.572. The molecule has 1 unspecified atom stereocenters. The van der Waals surface area contributed by atoms with E-state index in [0.717, 1.165) is 0 Å². The number of phenols is 1. The predicted molar refractivity (Wildman–Crippen MR) is 64.0 cm³/mol. The van der Waals surface area contributed by atoms with Gasteiger partial charge in [0.15, 0.2) is 0 Å². The second-order valence-corrected chi connectivity index (χ2v) is 4.73. The first-order valence-corrected chi connectivity index (χ1v) is 5.64. The van der Waals surface area contributed by atoms with Gasteiger partial charge in [0.2, 0.25) is 0 Å². The fourth-order valence-electron chi connectivity index (χ4n) is 1.21. The Hall–Kier alpha value is -0.750. The largest absolute Gasteiger partial charge is 0.506 e. The number of nitrogen functional groups attached to an aromatic ring is 1. The molecule has 1 atom stereocenters. The Balaban J connectivity index is 3.42. The smallest absolute Gasteiger partial charge is 0.310 e. The average molecular weight is 339 g/mol. The van der Waals surface area contributed by atoms with Crippen molar-refractivity contribution in [1.82, 2.24) is 0 Å². The minimum Gasteiger partial charge on any atom is -0.506 e. The fraction of sp³-hybridized carbons (Fsp3) is 0.222. The highest BCUT2D eigenvalue weighted by molar-refractivity contribution is 9.11. The van der Waals surface area contributed by atoms with Gasteiger partial charge in [-0.15, -0.1) is 0 Å². The number of carboxylic acid groups (broad SMARTS) is 1. The second kappa shape index (κ2) is 4.40. The molecule has 4 nitrogen and oxygen atoms in total. The number of rotatable bonds is 2. The van der Waals surface area contributed by atoms with E-state index < -0.39 is 11.9 Å². The number of benzene rings is 1. The molecule has 0 saturated carbocycles. The summed E-state index contributed by atoms with van der Waals surface area (Å²) in [5.74, 6) is -1.82. The summed E-state index contributed by atoms with van der Waals surface area (Å²) in [5.41, 5.74) is 6.39. The van der Waals surface area contributed by atoms with Gasteiger partial charge >= 0.3 is 5.97 Å². The molecular weight excluding hydrogens is 330 g/mol. The highest BCUT2D eigenvalue weighted by Gasteiger charge is 2.22. The van der Waals surface area contributed by atoms with E-state index >= 15 is 0 Å². The molecule has 0 bridgehead atoms. The van der Waals surface area contributed by atoms with E-state index in [1.165, 1.54) is 13.0 Å². The van der Waals surface area contributed by atoms with Crippen LogP contribution >= 0.6 is 31.9 Å². The molecule has 1 rings (SSSR count). The van der Waals surface area contributed by atoms with Crippen LogP contribution in [0.2, 0.25) is 0 Å². The van der Waals surface area contributed by atoms with Gasteiger partial charge in [0.25, 0.3) is 0 Å². The van der Waals surface area contributed by atoms with Gasteiger partial charge in [-0.2, -0.15) is 0 Å². The summed E-state index contributed by atoms with van der Waals surface area (Å²) in [7, 11) is 0. The van der Waals surface area contributed by atoms with Crippen LogP contribution in [0.4, 0.5) is 5.69 Å². The summed E-state index contributed by atoms with van der Waals surface area (Å²) >= 11 is 6.24. The van der Waals surface area contributed by atoms with Gasteiger partial charge in [0.1, 0.15) is 5.75 Å². The molecule has 0 spiro atoms. The topological polar surface area (TPSA) is 83.5 Å². The zero-order valence-corrected chi connectivity index (χ0v) is 11.0. The number of carboxylic acids is 1. The van der Waals surface area contributed by atoms with Crippen LogP contribution in [-0.4, -0.2) is 16.2 Å². The Bertz CT molecular complexity index is 420. The first-order chi connectivity index (χ1) is 6.86. The zero-order chi connectivity index (χ0) is 11.7. The van der Waals surface area contributed by atoms with Crippen molar-refractivity contribution >= 4 is 43.5 Å². The minimum absolute atomic E-state index is 0.0488. The molecule has 6 heteroatoms. The van der Waals surface area contributed by atoms with Crippen molar-refractivity contribution in [3.05, 3.63) is 20.6 Å². The molecule has 0 radical (unpaired) electrons. The molecule has 0 aliphatic carbocycles. The lowest BCUT2D eigenvalue weighted by Crippen LogP contribution is -2.10. The number of aromatic hydroxyl groups is 1. The molecule has 0 saturated heterocycles. The summed E-state index contributed by atoms with van der Waals surface area (Å²) in [4.78, 5) is 10.8. The number of hydrogen-bond acceptors (Lipinski definition) is 3. The van der Waals surface area contributed by atoms with Crippen molar-refractivity contribution in [3.63, 3.8) is 0 Å². The van der Waals surface area contributed by atoms with E-state index in [9.17, 15) is 9.90 Å². The van der Waals surface area contributed by atoms with Crippen molar-refractivity contribution in [2.45, 2.75) is 12.8 Å². The standard InChI is InChI=1S/C9H9Br2NO3/c1-3(9(14)15)6-5(12)2-4(10)8(13)7(6)11/h2-3,13H,12H2,1H3,(H,14,15). The Morgan fingerprint density at radius 3 is 2.53 bits per heavy atom. The molecule has 4 N–H and O–H groups in total. The SMILES string of the molecule is CC(C(=O)O)c1c(N)cc(Br)c(O)c1Br. The van der Waals surface area contributed by atoms with Crippen molar-refractivity contribution < 1.29 is 15.0 Å². The Morgan fingerprint density at radius 2 is 2.07 bits per heavy atom. The summed E-state index contributed by atoms with van der Waals surface area (Å²) in [6.07, 6.45) is 0. The summed E-state index contributed by atoms with van der Waals surface area (Å²) < 4.78 is 0.734. The highest BCUT2D eigenvalue weighted by Crippen LogP contribution is 2.41. The fourth-order valence-corrected chi connectivity index (χ4v) is 2.70. The molecule has 1 aromatic rings. The maximum Gasteiger partial charge on any atom is 0.310 e. The average Bonchev–Trinajstić information content (AvgIpc) is 2.14. The number of hydrogen-bond donors (Lipinski definition) is 3. The third-order valence-corrected chi connectivity index (χ3v) is 3.47. The van der Waals surface area contributed by atoms with E-state index in [1.54, 1.807) is 0 Å². The molecule has 1 aromatic carbocycles. The summed E-state index contributed by atoms with van der Waals surface area (Å²) in [5, 5.41) is 18.5.